The van der Waals surface area contributed by atoms with Gasteiger partial charge in [-0.15, -0.1) is 0 Å². The van der Waals surface area contributed by atoms with Crippen molar-refractivity contribution >= 4 is 17.8 Å². The molecule has 0 aliphatic carbocycles. The van der Waals surface area contributed by atoms with E-state index in [1.807, 2.05) is 0 Å². The number of hydrogen-bond acceptors (Lipinski definition) is 4. The number of rotatable bonds is 4. The molecule has 0 aromatic heterocycles. The first-order valence-corrected chi connectivity index (χ1v) is 7.72. The van der Waals surface area contributed by atoms with E-state index in [2.05, 4.69) is 10.9 Å². The lowest BCUT2D eigenvalue weighted by Gasteiger charge is -2.14. The quantitative estimate of drug-likeness (QED) is 0.631. The van der Waals surface area contributed by atoms with Gasteiger partial charge in [0.2, 0.25) is 0 Å². The van der Waals surface area contributed by atoms with Crippen LogP contribution in [0.2, 0.25) is 0 Å². The highest BCUT2D eigenvalue weighted by Crippen LogP contribution is 2.29. The van der Waals surface area contributed by atoms with Gasteiger partial charge in [-0.25, -0.2) is 4.79 Å². The zero-order valence-corrected chi connectivity index (χ0v) is 14.0. The van der Waals surface area contributed by atoms with Crippen molar-refractivity contribution in [1.29, 1.82) is 0 Å². The van der Waals surface area contributed by atoms with E-state index in [1.54, 1.807) is 18.2 Å². The normalized spacial score (nSPS) is 12.0. The predicted octanol–water partition coefficient (Wildman–Crippen LogP) is 2.71. The maximum absolute atomic E-state index is 12.7. The van der Waals surface area contributed by atoms with Crippen LogP contribution in [0, 0.1) is 0 Å². The molecule has 0 aliphatic heterocycles. The van der Waals surface area contributed by atoms with E-state index < -0.39 is 35.6 Å². The number of amides is 2. The number of nitrogens with one attached hydrogen (secondary N) is 2. The van der Waals surface area contributed by atoms with Crippen molar-refractivity contribution in [2.75, 3.05) is 0 Å². The van der Waals surface area contributed by atoms with E-state index in [1.165, 1.54) is 19.1 Å². The maximum Gasteiger partial charge on any atom is 0.416 e. The van der Waals surface area contributed by atoms with Crippen LogP contribution in [0.4, 0.5) is 13.2 Å². The number of alkyl halides is 3. The monoisotopic (exact) mass is 380 g/mol. The molecule has 2 rings (SSSR count). The zero-order chi connectivity index (χ0) is 20.0. The van der Waals surface area contributed by atoms with Gasteiger partial charge in [0.15, 0.2) is 6.10 Å². The molecule has 27 heavy (non-hydrogen) atoms. The van der Waals surface area contributed by atoms with Gasteiger partial charge in [-0.2, -0.15) is 13.2 Å². The van der Waals surface area contributed by atoms with E-state index in [0.29, 0.717) is 11.6 Å². The highest BCUT2D eigenvalue weighted by molar-refractivity contribution is 5.96. The standard InChI is InChI=1S/C18H15F3N2O4/c1-11(15(24)22-23-16(25)12-6-3-2-4-7-12)27-17(26)13-8-5-9-14(10-13)18(19,20)21/h2-11H,1H3,(H,22,24)(H,23,25)/t11-/m1/s1. The first-order chi connectivity index (χ1) is 12.7. The van der Waals surface area contributed by atoms with Crippen LogP contribution >= 0.6 is 0 Å². The van der Waals surface area contributed by atoms with E-state index in [9.17, 15) is 27.6 Å². The molecule has 0 aliphatic rings. The summed E-state index contributed by atoms with van der Waals surface area (Å²) in [4.78, 5) is 35.6. The summed E-state index contributed by atoms with van der Waals surface area (Å²) in [6, 6.07) is 11.7. The van der Waals surface area contributed by atoms with Crippen molar-refractivity contribution in [1.82, 2.24) is 10.9 Å². The van der Waals surface area contributed by atoms with Crippen LogP contribution in [-0.2, 0) is 15.7 Å². The molecule has 0 saturated carbocycles. The molecule has 0 saturated heterocycles. The molecular formula is C18H15F3N2O4. The largest absolute Gasteiger partial charge is 0.449 e. The first kappa shape index (κ1) is 20.0. The van der Waals surface area contributed by atoms with Crippen molar-refractivity contribution in [2.24, 2.45) is 0 Å². The Kier molecular flexibility index (Phi) is 6.17. The molecule has 2 amide bonds. The lowest BCUT2D eigenvalue weighted by molar-refractivity contribution is -0.137. The first-order valence-electron chi connectivity index (χ1n) is 7.72. The van der Waals surface area contributed by atoms with Crippen LogP contribution in [0.3, 0.4) is 0 Å². The molecule has 0 unspecified atom stereocenters. The molecule has 2 aromatic rings. The van der Waals surface area contributed by atoms with Crippen LogP contribution in [-0.4, -0.2) is 23.9 Å². The fraction of sp³-hybridized carbons (Fsp3) is 0.167. The number of hydrazine groups is 1. The minimum absolute atomic E-state index is 0.298. The van der Waals surface area contributed by atoms with Crippen LogP contribution < -0.4 is 10.9 Å². The molecular weight excluding hydrogens is 365 g/mol. The second-order valence-corrected chi connectivity index (χ2v) is 5.44. The number of benzene rings is 2. The van der Waals surface area contributed by atoms with Crippen LogP contribution in [0.5, 0.6) is 0 Å². The van der Waals surface area contributed by atoms with E-state index in [0.717, 1.165) is 18.2 Å². The van der Waals surface area contributed by atoms with Crippen LogP contribution in [0.25, 0.3) is 0 Å². The summed E-state index contributed by atoms with van der Waals surface area (Å²) in [7, 11) is 0. The van der Waals surface area contributed by atoms with E-state index >= 15 is 0 Å². The summed E-state index contributed by atoms with van der Waals surface area (Å²) in [5.74, 6) is -2.53. The number of hydrogen-bond donors (Lipinski definition) is 2. The highest BCUT2D eigenvalue weighted by atomic mass is 19.4. The molecule has 2 N–H and O–H groups in total. The summed E-state index contributed by atoms with van der Waals surface area (Å²) in [5, 5.41) is 0. The van der Waals surface area contributed by atoms with Crippen LogP contribution in [0.15, 0.2) is 54.6 Å². The van der Waals surface area contributed by atoms with Gasteiger partial charge in [-0.1, -0.05) is 24.3 Å². The lowest BCUT2D eigenvalue weighted by atomic mass is 10.1. The summed E-state index contributed by atoms with van der Waals surface area (Å²) in [5.41, 5.74) is 3.16. The molecule has 6 nitrogen and oxygen atoms in total. The molecule has 0 radical (unpaired) electrons. The Morgan fingerprint density at radius 1 is 0.926 bits per heavy atom. The third-order valence-corrected chi connectivity index (χ3v) is 3.41. The summed E-state index contributed by atoms with van der Waals surface area (Å²) >= 11 is 0. The number of ether oxygens (including phenoxy) is 1. The molecule has 0 fully saturated rings. The molecule has 0 bridgehead atoms. The van der Waals surface area contributed by atoms with Crippen molar-refractivity contribution in [3.63, 3.8) is 0 Å². The number of esters is 1. The Bertz CT molecular complexity index is 838. The summed E-state index contributed by atoms with van der Waals surface area (Å²) < 4.78 is 42.9. The second-order valence-electron chi connectivity index (χ2n) is 5.44. The third-order valence-electron chi connectivity index (χ3n) is 3.41. The van der Waals surface area contributed by atoms with Crippen LogP contribution in [0.1, 0.15) is 33.2 Å². The average molecular weight is 380 g/mol. The molecule has 2 aromatic carbocycles. The van der Waals surface area contributed by atoms with Gasteiger partial charge in [0.25, 0.3) is 11.8 Å². The van der Waals surface area contributed by atoms with Crippen molar-refractivity contribution in [3.8, 4) is 0 Å². The zero-order valence-electron chi connectivity index (χ0n) is 14.0. The molecule has 0 spiro atoms. The third kappa shape index (κ3) is 5.56. The fourth-order valence-electron chi connectivity index (χ4n) is 1.99. The topological polar surface area (TPSA) is 84.5 Å². The Hall–Kier alpha value is -3.36. The summed E-state index contributed by atoms with van der Waals surface area (Å²) in [6.45, 7) is 1.22. The van der Waals surface area contributed by atoms with E-state index in [-0.39, 0.29) is 5.56 Å². The average Bonchev–Trinajstić information content (AvgIpc) is 2.65. The maximum atomic E-state index is 12.7. The Morgan fingerprint density at radius 3 is 2.19 bits per heavy atom. The minimum Gasteiger partial charge on any atom is -0.449 e. The molecule has 142 valence electrons. The van der Waals surface area contributed by atoms with Gasteiger partial charge in [0.05, 0.1) is 11.1 Å². The number of carbonyl (C=O) groups excluding carboxylic acids is 3. The predicted molar refractivity (Wildman–Crippen MR) is 88.4 cm³/mol. The van der Waals surface area contributed by atoms with E-state index in [4.69, 9.17) is 4.74 Å². The van der Waals surface area contributed by atoms with Crippen molar-refractivity contribution in [3.05, 3.63) is 71.3 Å². The smallest absolute Gasteiger partial charge is 0.416 e. The van der Waals surface area contributed by atoms with Gasteiger partial charge in [-0.3, -0.25) is 20.4 Å². The highest BCUT2D eigenvalue weighted by Gasteiger charge is 2.31. The van der Waals surface area contributed by atoms with Gasteiger partial charge >= 0.3 is 12.1 Å². The Balaban J connectivity index is 1.92. The van der Waals surface area contributed by atoms with Gasteiger partial charge in [0.1, 0.15) is 0 Å². The van der Waals surface area contributed by atoms with Crippen molar-refractivity contribution < 1.29 is 32.3 Å². The Morgan fingerprint density at radius 2 is 1.56 bits per heavy atom. The number of halogens is 3. The minimum atomic E-state index is -4.61. The van der Waals surface area contributed by atoms with Crippen molar-refractivity contribution in [2.45, 2.75) is 19.2 Å². The second kappa shape index (κ2) is 8.35. The molecule has 9 heteroatoms. The van der Waals surface area contributed by atoms with Gasteiger partial charge < -0.3 is 4.74 Å². The van der Waals surface area contributed by atoms with Gasteiger partial charge in [-0.05, 0) is 37.3 Å². The lowest BCUT2D eigenvalue weighted by Crippen LogP contribution is -2.46. The Labute approximate surface area is 152 Å². The summed E-state index contributed by atoms with van der Waals surface area (Å²) in [6.07, 6.45) is -5.95. The molecule has 1 atom stereocenters. The van der Waals surface area contributed by atoms with Gasteiger partial charge in [0, 0.05) is 5.56 Å². The molecule has 0 heterocycles. The fourth-order valence-corrected chi connectivity index (χ4v) is 1.99. The SMILES string of the molecule is C[C@@H](OC(=O)c1cccc(C(F)(F)F)c1)C(=O)NNC(=O)c1ccccc1. The number of carbonyl (C=O) groups is 3.